The first-order chi connectivity index (χ1) is 13.8. The molecule has 0 N–H and O–H groups in total. The summed E-state index contributed by atoms with van der Waals surface area (Å²) in [6.07, 6.45) is 9.91. The summed E-state index contributed by atoms with van der Waals surface area (Å²) in [5, 5.41) is 16.7. The van der Waals surface area contributed by atoms with Crippen LogP contribution < -0.4 is 0 Å². The van der Waals surface area contributed by atoms with Crippen molar-refractivity contribution in [3.63, 3.8) is 0 Å². The van der Waals surface area contributed by atoms with Crippen molar-refractivity contribution in [3.05, 3.63) is 24.3 Å². The van der Waals surface area contributed by atoms with E-state index in [0.29, 0.717) is 19.1 Å². The third-order valence-electron chi connectivity index (χ3n) is 3.90. The lowest BCUT2D eigenvalue weighted by atomic mass is 10.1. The van der Waals surface area contributed by atoms with E-state index < -0.39 is 11.9 Å². The van der Waals surface area contributed by atoms with Gasteiger partial charge in [0.05, 0.1) is 13.2 Å². The third-order valence-corrected chi connectivity index (χ3v) is 3.90. The van der Waals surface area contributed by atoms with Crippen LogP contribution in [-0.2, 0) is 19.1 Å². The highest BCUT2D eigenvalue weighted by atomic mass is 16.5. The molecule has 162 valence electrons. The van der Waals surface area contributed by atoms with Crippen molar-refractivity contribution in [3.8, 4) is 12.1 Å². The molecule has 0 atom stereocenters. The Morgan fingerprint density at radius 2 is 1.21 bits per heavy atom. The molecule has 0 rings (SSSR count). The Hall–Kier alpha value is -2.60. The lowest BCUT2D eigenvalue weighted by Gasteiger charge is -2.04. The van der Waals surface area contributed by atoms with Crippen LogP contribution in [0.1, 0.15) is 78.6 Å². The standard InChI is InChI=1S/C12H19NO2.C11H17NO2/c1-3-4-5-6-7-8-9-15-12(14)11(2)10-13;1-9(2)6-4-5-7-14-11(13)10(3)8-12/h2-9H2,1H3;9H,3-7H2,1-2H3. The normalized spacial score (nSPS) is 9.45. The van der Waals surface area contributed by atoms with Gasteiger partial charge in [-0.15, -0.1) is 0 Å². The van der Waals surface area contributed by atoms with Crippen LogP contribution in [0.15, 0.2) is 24.3 Å². The zero-order chi connectivity index (χ0) is 22.5. The third kappa shape index (κ3) is 20.0. The van der Waals surface area contributed by atoms with E-state index in [2.05, 4.69) is 33.9 Å². The average Bonchev–Trinajstić information content (AvgIpc) is 2.71. The van der Waals surface area contributed by atoms with Crippen molar-refractivity contribution in [1.29, 1.82) is 10.5 Å². The van der Waals surface area contributed by atoms with E-state index in [-0.39, 0.29) is 11.1 Å². The highest BCUT2D eigenvalue weighted by Gasteiger charge is 2.07. The fourth-order valence-electron chi connectivity index (χ4n) is 2.13. The Balaban J connectivity index is 0. The predicted molar refractivity (Wildman–Crippen MR) is 113 cm³/mol. The van der Waals surface area contributed by atoms with Crippen LogP contribution in [-0.4, -0.2) is 25.2 Å². The fourth-order valence-corrected chi connectivity index (χ4v) is 2.13. The molecule has 0 amide bonds. The van der Waals surface area contributed by atoms with Crippen molar-refractivity contribution in [1.82, 2.24) is 0 Å². The first-order valence-electron chi connectivity index (χ1n) is 10.3. The number of unbranched alkanes of at least 4 members (excludes halogenated alkanes) is 6. The summed E-state index contributed by atoms with van der Waals surface area (Å²) in [5.41, 5.74) is -0.255. The highest BCUT2D eigenvalue weighted by Crippen LogP contribution is 2.07. The number of nitriles is 2. The van der Waals surface area contributed by atoms with E-state index in [1.807, 2.05) is 0 Å². The summed E-state index contributed by atoms with van der Waals surface area (Å²) < 4.78 is 9.66. The maximum atomic E-state index is 11.0. The number of esters is 2. The molecule has 0 aromatic carbocycles. The molecule has 0 aromatic rings. The van der Waals surface area contributed by atoms with Gasteiger partial charge in [0.15, 0.2) is 0 Å². The summed E-state index contributed by atoms with van der Waals surface area (Å²) in [5.74, 6) is -0.511. The smallest absolute Gasteiger partial charge is 0.348 e. The van der Waals surface area contributed by atoms with Gasteiger partial charge in [0.25, 0.3) is 0 Å². The van der Waals surface area contributed by atoms with E-state index in [1.54, 1.807) is 12.1 Å². The van der Waals surface area contributed by atoms with Gasteiger partial charge in [-0.2, -0.15) is 10.5 Å². The van der Waals surface area contributed by atoms with Gasteiger partial charge in [0, 0.05) is 0 Å². The largest absolute Gasteiger partial charge is 0.462 e. The van der Waals surface area contributed by atoms with E-state index in [1.165, 1.54) is 25.7 Å². The molecule has 0 aliphatic heterocycles. The summed E-state index contributed by atoms with van der Waals surface area (Å²) in [6.45, 7) is 13.8. The van der Waals surface area contributed by atoms with Gasteiger partial charge in [0.2, 0.25) is 0 Å². The number of hydrogen-bond acceptors (Lipinski definition) is 6. The first kappa shape index (κ1) is 28.6. The molecule has 0 spiro atoms. The Labute approximate surface area is 176 Å². The van der Waals surface area contributed by atoms with Gasteiger partial charge < -0.3 is 9.47 Å². The van der Waals surface area contributed by atoms with Crippen LogP contribution in [0.3, 0.4) is 0 Å². The number of carbonyl (C=O) groups excluding carboxylic acids is 2. The monoisotopic (exact) mass is 404 g/mol. The minimum atomic E-state index is -0.600. The molecule has 0 fully saturated rings. The quantitative estimate of drug-likeness (QED) is 0.166. The maximum absolute atomic E-state index is 11.0. The van der Waals surface area contributed by atoms with Crippen molar-refractivity contribution in [2.75, 3.05) is 13.2 Å². The second-order valence-electron chi connectivity index (χ2n) is 7.11. The number of nitrogens with zero attached hydrogens (tertiary/aromatic N) is 2. The molecule has 0 saturated heterocycles. The van der Waals surface area contributed by atoms with Gasteiger partial charge >= 0.3 is 11.9 Å². The molecule has 0 aliphatic rings. The molecular weight excluding hydrogens is 368 g/mol. The zero-order valence-electron chi connectivity index (χ0n) is 18.3. The highest BCUT2D eigenvalue weighted by molar-refractivity contribution is 5.92. The number of hydrogen-bond donors (Lipinski definition) is 0. The van der Waals surface area contributed by atoms with Crippen molar-refractivity contribution in [2.45, 2.75) is 78.6 Å². The Kier molecular flexibility index (Phi) is 19.9. The summed E-state index contributed by atoms with van der Waals surface area (Å²) in [4.78, 5) is 21.9. The van der Waals surface area contributed by atoms with Gasteiger partial charge in [-0.25, -0.2) is 9.59 Å². The summed E-state index contributed by atoms with van der Waals surface area (Å²) in [7, 11) is 0. The minimum Gasteiger partial charge on any atom is -0.462 e. The molecule has 0 heterocycles. The molecule has 0 aliphatic carbocycles. The summed E-state index contributed by atoms with van der Waals surface area (Å²) in [6, 6.07) is 3.32. The first-order valence-corrected chi connectivity index (χ1v) is 10.3. The lowest BCUT2D eigenvalue weighted by molar-refractivity contribution is -0.139. The van der Waals surface area contributed by atoms with Gasteiger partial charge in [0.1, 0.15) is 23.3 Å². The van der Waals surface area contributed by atoms with Crippen molar-refractivity contribution >= 4 is 11.9 Å². The van der Waals surface area contributed by atoms with Crippen LogP contribution in [0.2, 0.25) is 0 Å². The molecule has 0 aromatic heterocycles. The van der Waals surface area contributed by atoms with E-state index >= 15 is 0 Å². The van der Waals surface area contributed by atoms with Crippen molar-refractivity contribution in [2.24, 2.45) is 5.92 Å². The minimum absolute atomic E-state index is 0.124. The second kappa shape index (κ2) is 20.1. The molecule has 0 saturated carbocycles. The number of rotatable bonds is 14. The zero-order valence-corrected chi connectivity index (χ0v) is 18.3. The van der Waals surface area contributed by atoms with Crippen LogP contribution in [0.5, 0.6) is 0 Å². The van der Waals surface area contributed by atoms with E-state index in [4.69, 9.17) is 20.0 Å². The maximum Gasteiger partial charge on any atom is 0.348 e. The van der Waals surface area contributed by atoms with Crippen LogP contribution in [0.25, 0.3) is 0 Å². The Bertz CT molecular complexity index is 583. The fraction of sp³-hybridized carbons (Fsp3) is 0.652. The number of ether oxygens (including phenoxy) is 2. The van der Waals surface area contributed by atoms with Gasteiger partial charge in [-0.3, -0.25) is 0 Å². The molecule has 29 heavy (non-hydrogen) atoms. The average molecular weight is 405 g/mol. The topological polar surface area (TPSA) is 100 Å². The molecular formula is C23H36N2O4. The van der Waals surface area contributed by atoms with Gasteiger partial charge in [-0.1, -0.05) is 72.5 Å². The molecule has 0 unspecified atom stereocenters. The molecule has 0 bridgehead atoms. The van der Waals surface area contributed by atoms with E-state index in [0.717, 1.165) is 32.1 Å². The van der Waals surface area contributed by atoms with Crippen molar-refractivity contribution < 1.29 is 19.1 Å². The Morgan fingerprint density at radius 1 is 0.793 bits per heavy atom. The lowest BCUT2D eigenvalue weighted by Crippen LogP contribution is -2.07. The predicted octanol–water partition coefficient (Wildman–Crippen LogP) is 5.41. The van der Waals surface area contributed by atoms with Crippen LogP contribution >= 0.6 is 0 Å². The van der Waals surface area contributed by atoms with Crippen LogP contribution in [0.4, 0.5) is 0 Å². The molecule has 0 radical (unpaired) electrons. The van der Waals surface area contributed by atoms with E-state index in [9.17, 15) is 9.59 Å². The molecule has 6 nitrogen and oxygen atoms in total. The second-order valence-corrected chi connectivity index (χ2v) is 7.11. The number of carbonyl (C=O) groups is 2. The molecule has 6 heteroatoms. The van der Waals surface area contributed by atoms with Gasteiger partial charge in [-0.05, 0) is 25.2 Å². The Morgan fingerprint density at radius 3 is 1.62 bits per heavy atom. The van der Waals surface area contributed by atoms with Crippen LogP contribution in [0, 0.1) is 28.6 Å². The SMILES string of the molecule is C=C(C#N)C(=O)OCCCCC(C)C.C=C(C#N)C(=O)OCCCCCCCC. The summed E-state index contributed by atoms with van der Waals surface area (Å²) >= 11 is 0.